The first-order valence-corrected chi connectivity index (χ1v) is 15.7. The molecule has 3 aliphatic rings. The number of aliphatic imine (C=N–C) groups is 1. The highest BCUT2D eigenvalue weighted by Gasteiger charge is 2.30. The highest BCUT2D eigenvalue weighted by atomic mass is 35.5. The average molecular weight is 589 g/mol. The molecule has 2 aliphatic heterocycles. The fourth-order valence-electron chi connectivity index (χ4n) is 5.03. The van der Waals surface area contributed by atoms with Crippen molar-refractivity contribution in [3.8, 4) is 0 Å². The van der Waals surface area contributed by atoms with Gasteiger partial charge in [0.15, 0.2) is 5.82 Å². The number of nitrogens with one attached hydrogen (secondary N) is 1. The zero-order chi connectivity index (χ0) is 27.8. The van der Waals surface area contributed by atoms with Crippen LogP contribution in [0.4, 0.5) is 16.3 Å². The molecule has 1 aromatic heterocycles. The van der Waals surface area contributed by atoms with Crippen molar-refractivity contribution in [1.82, 2.24) is 9.97 Å². The van der Waals surface area contributed by atoms with E-state index in [1.807, 2.05) is 6.21 Å². The van der Waals surface area contributed by atoms with Crippen molar-refractivity contribution in [2.75, 3.05) is 25.1 Å². The number of aryl methyl sites for hydroxylation is 1. The molecule has 14 heteroatoms. The van der Waals surface area contributed by atoms with E-state index in [1.165, 1.54) is 12.8 Å². The molecule has 1 aliphatic carbocycles. The molecule has 1 saturated carbocycles. The zero-order valence-electron chi connectivity index (χ0n) is 22.4. The summed E-state index contributed by atoms with van der Waals surface area (Å²) in [5, 5.41) is 3.76. The summed E-state index contributed by atoms with van der Waals surface area (Å²) < 4.78 is 37.7. The minimum absolute atomic E-state index is 0.0413. The van der Waals surface area contributed by atoms with Gasteiger partial charge in [0.2, 0.25) is 12.1 Å². The number of fused-ring (bicyclic) bond motifs is 1. The summed E-state index contributed by atoms with van der Waals surface area (Å²) in [4.78, 5) is 34.8. The van der Waals surface area contributed by atoms with Crippen LogP contribution in [0.1, 0.15) is 70.9 Å². The summed E-state index contributed by atoms with van der Waals surface area (Å²) in [7, 11) is -4.09. The quantitative estimate of drug-likeness (QED) is 0.140. The molecule has 0 spiro atoms. The first-order valence-electron chi connectivity index (χ1n) is 13.6. The summed E-state index contributed by atoms with van der Waals surface area (Å²) in [6.45, 7) is 2.77. The van der Waals surface area contributed by atoms with Gasteiger partial charge in [0.05, 0.1) is 30.6 Å². The summed E-state index contributed by atoms with van der Waals surface area (Å²) in [6.07, 6.45) is 8.75. The van der Waals surface area contributed by atoms with Gasteiger partial charge in [0.25, 0.3) is 0 Å². The second-order valence-corrected chi connectivity index (χ2v) is 12.6. The van der Waals surface area contributed by atoms with E-state index in [2.05, 4.69) is 20.0 Å². The Hall–Kier alpha value is -1.82. The molecule has 0 radical (unpaired) electrons. The van der Waals surface area contributed by atoms with Gasteiger partial charge >= 0.3 is 13.8 Å². The van der Waals surface area contributed by atoms with E-state index < -0.39 is 26.9 Å². The lowest BCUT2D eigenvalue weighted by Gasteiger charge is -2.18. The lowest BCUT2D eigenvalue weighted by Crippen LogP contribution is -2.20. The molecule has 218 valence electrons. The Balaban J connectivity index is 1.19. The Morgan fingerprint density at radius 3 is 2.74 bits per heavy atom. The van der Waals surface area contributed by atoms with Crippen LogP contribution in [0.2, 0.25) is 5.28 Å². The molecule has 2 unspecified atom stereocenters. The third-order valence-electron chi connectivity index (χ3n) is 6.87. The van der Waals surface area contributed by atoms with Gasteiger partial charge in [0, 0.05) is 12.3 Å². The molecular formula is C25H38ClN4O8P. The van der Waals surface area contributed by atoms with Crippen molar-refractivity contribution in [2.45, 2.75) is 96.0 Å². The van der Waals surface area contributed by atoms with Crippen LogP contribution < -0.4 is 5.32 Å². The number of anilines is 1. The Morgan fingerprint density at radius 1 is 1.21 bits per heavy atom. The smallest absolute Gasteiger partial charge is 0.432 e. The van der Waals surface area contributed by atoms with Gasteiger partial charge in [-0.2, -0.15) is 4.98 Å². The van der Waals surface area contributed by atoms with Crippen molar-refractivity contribution in [3.05, 3.63) is 11.0 Å². The van der Waals surface area contributed by atoms with Gasteiger partial charge in [-0.1, -0.05) is 12.8 Å². The molecule has 2 N–H and O–H groups in total. The van der Waals surface area contributed by atoms with Gasteiger partial charge < -0.3 is 29.2 Å². The number of hydrogen-bond donors (Lipinski definition) is 2. The topological polar surface area (TPSA) is 151 Å². The van der Waals surface area contributed by atoms with Crippen LogP contribution in [-0.4, -0.2) is 71.3 Å². The van der Waals surface area contributed by atoms with Gasteiger partial charge in [-0.25, -0.2) is 9.78 Å². The molecule has 39 heavy (non-hydrogen) atoms. The van der Waals surface area contributed by atoms with Crippen molar-refractivity contribution >= 4 is 43.1 Å². The zero-order valence-corrected chi connectivity index (χ0v) is 24.1. The predicted molar refractivity (Wildman–Crippen MR) is 145 cm³/mol. The number of halogens is 1. The monoisotopic (exact) mass is 588 g/mol. The molecule has 3 heterocycles. The van der Waals surface area contributed by atoms with Crippen LogP contribution in [0.25, 0.3) is 0 Å². The van der Waals surface area contributed by atoms with Crippen LogP contribution >= 0.6 is 19.2 Å². The van der Waals surface area contributed by atoms with Crippen LogP contribution in [-0.2, 0) is 34.5 Å². The summed E-state index contributed by atoms with van der Waals surface area (Å²) >= 11 is 6.22. The Labute approximate surface area is 233 Å². The molecule has 4 atom stereocenters. The van der Waals surface area contributed by atoms with Crippen molar-refractivity contribution < 1.29 is 37.7 Å². The minimum atomic E-state index is -4.09. The molecule has 1 saturated heterocycles. The summed E-state index contributed by atoms with van der Waals surface area (Å²) in [5.74, 6) is 0.936. The highest BCUT2D eigenvalue weighted by molar-refractivity contribution is 7.52. The first kappa shape index (κ1) is 30.1. The van der Waals surface area contributed by atoms with Crippen molar-refractivity contribution in [2.24, 2.45) is 10.9 Å². The lowest BCUT2D eigenvalue weighted by molar-refractivity contribution is -0.0230. The molecule has 0 aromatic carbocycles. The van der Waals surface area contributed by atoms with Gasteiger partial charge in [-0.15, -0.1) is 0 Å². The fourth-order valence-corrected chi connectivity index (χ4v) is 5.85. The van der Waals surface area contributed by atoms with Crippen molar-refractivity contribution in [3.63, 3.8) is 0 Å². The van der Waals surface area contributed by atoms with E-state index in [-0.39, 0.29) is 36.1 Å². The number of aromatic nitrogens is 2. The van der Waals surface area contributed by atoms with Crippen LogP contribution in [0, 0.1) is 5.92 Å². The molecule has 0 amide bonds. The second kappa shape index (κ2) is 14.2. The van der Waals surface area contributed by atoms with Crippen LogP contribution in [0.3, 0.4) is 0 Å². The third kappa shape index (κ3) is 9.65. The third-order valence-corrected chi connectivity index (χ3v) is 8.06. The summed E-state index contributed by atoms with van der Waals surface area (Å²) in [6, 6.07) is 0.397. The Bertz CT molecular complexity index is 1060. The maximum Gasteiger partial charge on any atom is 0.510 e. The number of carbonyl (C=O) groups is 1. The predicted octanol–water partition coefficient (Wildman–Crippen LogP) is 5.38. The molecule has 4 rings (SSSR count). The van der Waals surface area contributed by atoms with E-state index in [0.717, 1.165) is 62.1 Å². The molecule has 1 aromatic rings. The van der Waals surface area contributed by atoms with E-state index >= 15 is 0 Å². The van der Waals surface area contributed by atoms with E-state index in [9.17, 15) is 14.3 Å². The number of ether oxygens (including phenoxy) is 4. The SMILES string of the molecule is CC(C)OC(=O)OCOP(=O)(O)COC[C@@H]1CCC(C[C@@H]2C=Nc3c(nc(Cl)nc3NC3CCCC3)CC2)O1. The van der Waals surface area contributed by atoms with Gasteiger partial charge in [-0.05, 0) is 76.3 Å². The normalized spacial score (nSPS) is 24.8. The largest absolute Gasteiger partial charge is 0.510 e. The maximum absolute atomic E-state index is 12.1. The average Bonchev–Trinajstić information content (AvgIpc) is 3.48. The molecule has 2 fully saturated rings. The van der Waals surface area contributed by atoms with Gasteiger partial charge in [-0.3, -0.25) is 14.1 Å². The molecule has 0 bridgehead atoms. The minimum Gasteiger partial charge on any atom is -0.432 e. The van der Waals surface area contributed by atoms with Gasteiger partial charge in [0.1, 0.15) is 12.0 Å². The van der Waals surface area contributed by atoms with Crippen LogP contribution in [0.15, 0.2) is 4.99 Å². The number of nitrogens with zero attached hydrogens (tertiary/aromatic N) is 3. The second-order valence-electron chi connectivity index (χ2n) is 10.5. The maximum atomic E-state index is 12.1. The van der Waals surface area contributed by atoms with E-state index in [4.69, 9.17) is 35.3 Å². The Kier molecular flexibility index (Phi) is 11.0. The standard InChI is InChI=1S/C25H38ClN4O8P/c1-16(2)37-25(31)35-14-36-39(32,33)15-34-13-20-9-8-19(38-20)11-17-7-10-21-22(27-12-17)23(30-24(26)29-21)28-18-5-3-4-6-18/h12,16-20H,3-11,13-15H2,1-2H3,(H,32,33)(H,28,29,30)/t17-,19?,20+/m1/s1. The highest BCUT2D eigenvalue weighted by Crippen LogP contribution is 2.42. The lowest BCUT2D eigenvalue weighted by atomic mass is 9.96. The number of hydrogen-bond acceptors (Lipinski definition) is 11. The fraction of sp³-hybridized carbons (Fsp3) is 0.760. The number of rotatable bonds is 12. The Morgan fingerprint density at radius 2 is 1.97 bits per heavy atom. The molecular weight excluding hydrogens is 551 g/mol. The van der Waals surface area contributed by atoms with E-state index in [1.54, 1.807) is 13.8 Å². The number of carbonyl (C=O) groups excluding carboxylic acids is 1. The molecule has 12 nitrogen and oxygen atoms in total. The first-order chi connectivity index (χ1) is 18.7. The van der Waals surface area contributed by atoms with E-state index in [0.29, 0.717) is 6.04 Å². The summed E-state index contributed by atoms with van der Waals surface area (Å²) in [5.41, 5.74) is 1.65. The van der Waals surface area contributed by atoms with Crippen molar-refractivity contribution in [1.29, 1.82) is 0 Å². The van der Waals surface area contributed by atoms with Crippen LogP contribution in [0.5, 0.6) is 0 Å².